The summed E-state index contributed by atoms with van der Waals surface area (Å²) in [5.41, 5.74) is 3.26. The monoisotopic (exact) mass is 340 g/mol. The number of nitrogens with one attached hydrogen (secondary N) is 1. The van der Waals surface area contributed by atoms with Crippen LogP contribution >= 0.6 is 0 Å². The summed E-state index contributed by atoms with van der Waals surface area (Å²) in [6.07, 6.45) is 8.57. The van der Waals surface area contributed by atoms with E-state index in [1.807, 2.05) is 12.1 Å². The van der Waals surface area contributed by atoms with E-state index in [0.717, 1.165) is 42.9 Å². The molecule has 4 rings (SSSR count). The molecule has 0 bridgehead atoms. The molecule has 0 radical (unpaired) electrons. The lowest BCUT2D eigenvalue weighted by Gasteiger charge is -2.15. The van der Waals surface area contributed by atoms with Crippen molar-refractivity contribution in [2.45, 2.75) is 38.2 Å². The van der Waals surface area contributed by atoms with Crippen LogP contribution in [0.4, 0.5) is 5.82 Å². The Kier molecular flexibility index (Phi) is 4.90. The largest absolute Gasteiger partial charge is 0.389 e. The topological polar surface area (TPSA) is 80.2 Å². The molecule has 6 nitrogen and oxygen atoms in total. The minimum absolute atomic E-state index is 0.369. The van der Waals surface area contributed by atoms with Crippen molar-refractivity contribution in [1.29, 1.82) is 0 Å². The fourth-order valence-electron chi connectivity index (χ4n) is 3.14. The van der Waals surface area contributed by atoms with Gasteiger partial charge in [-0.15, -0.1) is 0 Å². The Morgan fingerprint density at radius 1 is 1.20 bits per heavy atom. The Labute approximate surface area is 147 Å². The molecule has 0 spiro atoms. The van der Waals surface area contributed by atoms with Crippen LogP contribution in [0, 0.1) is 5.92 Å². The van der Waals surface area contributed by atoms with Gasteiger partial charge in [0.25, 0.3) is 0 Å². The lowest BCUT2D eigenvalue weighted by molar-refractivity contribution is 0.0385. The van der Waals surface area contributed by atoms with Crippen molar-refractivity contribution in [1.82, 2.24) is 15.0 Å². The average molecular weight is 340 g/mol. The van der Waals surface area contributed by atoms with E-state index in [2.05, 4.69) is 10.3 Å². The van der Waals surface area contributed by atoms with Crippen LogP contribution in [0.1, 0.15) is 30.5 Å². The molecule has 1 saturated carbocycles. The van der Waals surface area contributed by atoms with E-state index in [9.17, 15) is 5.11 Å². The highest BCUT2D eigenvalue weighted by Crippen LogP contribution is 2.30. The maximum Gasteiger partial charge on any atom is 0.161 e. The third kappa shape index (κ3) is 4.14. The van der Waals surface area contributed by atoms with E-state index < -0.39 is 6.10 Å². The van der Waals surface area contributed by atoms with Crippen LogP contribution in [-0.2, 0) is 17.6 Å². The minimum Gasteiger partial charge on any atom is -0.389 e. The Bertz CT molecular complexity index is 719. The number of anilines is 1. The summed E-state index contributed by atoms with van der Waals surface area (Å²) in [5.74, 6) is 2.27. The van der Waals surface area contributed by atoms with E-state index in [1.54, 1.807) is 12.4 Å². The Hall–Kier alpha value is -2.05. The Balaban J connectivity index is 1.43. The highest BCUT2D eigenvalue weighted by molar-refractivity contribution is 5.60. The number of pyridine rings is 1. The average Bonchev–Trinajstić information content (AvgIpc) is 3.34. The van der Waals surface area contributed by atoms with E-state index in [4.69, 9.17) is 14.7 Å². The molecule has 2 N–H and O–H groups in total. The van der Waals surface area contributed by atoms with Gasteiger partial charge in [-0.25, -0.2) is 9.97 Å². The van der Waals surface area contributed by atoms with Gasteiger partial charge in [0.15, 0.2) is 5.82 Å². The second kappa shape index (κ2) is 7.45. The molecule has 2 aromatic heterocycles. The van der Waals surface area contributed by atoms with Crippen molar-refractivity contribution >= 4 is 5.82 Å². The van der Waals surface area contributed by atoms with Gasteiger partial charge in [0.05, 0.1) is 12.7 Å². The number of hydrogen-bond donors (Lipinski definition) is 2. The minimum atomic E-state index is -0.532. The second-order valence-corrected chi connectivity index (χ2v) is 6.93. The molecule has 0 aliphatic heterocycles. The molecule has 2 aliphatic carbocycles. The highest BCUT2D eigenvalue weighted by Gasteiger charge is 2.22. The number of aliphatic hydroxyl groups is 1. The van der Waals surface area contributed by atoms with E-state index in [1.165, 1.54) is 18.4 Å². The van der Waals surface area contributed by atoms with Crippen molar-refractivity contribution in [3.63, 3.8) is 0 Å². The van der Waals surface area contributed by atoms with Crippen molar-refractivity contribution in [2.75, 3.05) is 25.1 Å². The Morgan fingerprint density at radius 2 is 2.04 bits per heavy atom. The summed E-state index contributed by atoms with van der Waals surface area (Å²) < 4.78 is 5.56. The van der Waals surface area contributed by atoms with Gasteiger partial charge in [-0.1, -0.05) is 0 Å². The van der Waals surface area contributed by atoms with Crippen LogP contribution in [0.5, 0.6) is 0 Å². The summed E-state index contributed by atoms with van der Waals surface area (Å²) in [6.45, 7) is 1.57. The van der Waals surface area contributed by atoms with E-state index in [-0.39, 0.29) is 0 Å². The van der Waals surface area contributed by atoms with Gasteiger partial charge < -0.3 is 15.2 Å². The molecule has 1 atom stereocenters. The molecule has 0 unspecified atom stereocenters. The zero-order valence-corrected chi connectivity index (χ0v) is 14.3. The maximum atomic E-state index is 10.1. The number of hydrogen-bond acceptors (Lipinski definition) is 6. The summed E-state index contributed by atoms with van der Waals surface area (Å²) in [6, 6.07) is 3.84. The van der Waals surface area contributed by atoms with Gasteiger partial charge in [-0.3, -0.25) is 4.98 Å². The van der Waals surface area contributed by atoms with Gasteiger partial charge >= 0.3 is 0 Å². The number of aryl methyl sites for hydroxylation is 1. The molecular formula is C19H24N4O2. The standard InChI is InChI=1S/C19H24N4O2/c24-15(12-25-11-13-4-5-13)10-21-19-16-2-1-3-17(16)22-18(23-19)14-6-8-20-9-7-14/h6-9,13,15,24H,1-5,10-12H2,(H,21,22,23)/t15-/m1/s1. The van der Waals surface area contributed by atoms with E-state index >= 15 is 0 Å². The number of aromatic nitrogens is 3. The number of rotatable bonds is 8. The SMILES string of the molecule is O[C@H](CNc1nc(-c2ccncc2)nc2c1CCC2)COCC1CC1. The number of aliphatic hydroxyl groups excluding tert-OH is 1. The molecule has 0 amide bonds. The van der Waals surface area contributed by atoms with Gasteiger partial charge in [0.1, 0.15) is 5.82 Å². The van der Waals surface area contributed by atoms with Crippen molar-refractivity contribution in [3.05, 3.63) is 35.8 Å². The first-order chi connectivity index (χ1) is 12.3. The van der Waals surface area contributed by atoms with Crippen molar-refractivity contribution in [3.8, 4) is 11.4 Å². The summed E-state index contributed by atoms with van der Waals surface area (Å²) in [7, 11) is 0. The molecule has 0 aromatic carbocycles. The smallest absolute Gasteiger partial charge is 0.161 e. The first kappa shape index (κ1) is 16.4. The molecule has 25 heavy (non-hydrogen) atoms. The maximum absolute atomic E-state index is 10.1. The summed E-state index contributed by atoms with van der Waals surface area (Å²) >= 11 is 0. The van der Waals surface area contributed by atoms with Crippen molar-refractivity contribution in [2.24, 2.45) is 5.92 Å². The molecule has 2 aromatic rings. The van der Waals surface area contributed by atoms with Crippen LogP contribution < -0.4 is 5.32 Å². The highest BCUT2D eigenvalue weighted by atomic mass is 16.5. The molecule has 2 aliphatic rings. The molecule has 132 valence electrons. The first-order valence-corrected chi connectivity index (χ1v) is 9.09. The van der Waals surface area contributed by atoms with Crippen LogP contribution in [0.15, 0.2) is 24.5 Å². The lowest BCUT2D eigenvalue weighted by atomic mass is 10.2. The molecule has 6 heteroatoms. The molecule has 0 saturated heterocycles. The zero-order chi connectivity index (χ0) is 17.1. The Morgan fingerprint density at radius 3 is 2.84 bits per heavy atom. The first-order valence-electron chi connectivity index (χ1n) is 9.09. The molecular weight excluding hydrogens is 316 g/mol. The van der Waals surface area contributed by atoms with Crippen LogP contribution in [0.2, 0.25) is 0 Å². The van der Waals surface area contributed by atoms with Gasteiger partial charge in [-0.2, -0.15) is 0 Å². The number of fused-ring (bicyclic) bond motifs is 1. The van der Waals surface area contributed by atoms with Crippen LogP contribution in [0.3, 0.4) is 0 Å². The zero-order valence-electron chi connectivity index (χ0n) is 14.3. The third-order valence-electron chi connectivity index (χ3n) is 4.74. The van der Waals surface area contributed by atoms with Crippen LogP contribution in [-0.4, -0.2) is 45.9 Å². The molecule has 1 fully saturated rings. The predicted octanol–water partition coefficient (Wildman–Crippen LogP) is 2.23. The third-order valence-corrected chi connectivity index (χ3v) is 4.74. The van der Waals surface area contributed by atoms with Gasteiger partial charge in [0.2, 0.25) is 0 Å². The summed E-state index contributed by atoms with van der Waals surface area (Å²) in [4.78, 5) is 13.5. The fourth-order valence-corrected chi connectivity index (χ4v) is 3.14. The normalized spacial score (nSPS) is 17.3. The number of ether oxygens (including phenoxy) is 1. The number of nitrogens with zero attached hydrogens (tertiary/aromatic N) is 3. The molecule has 2 heterocycles. The predicted molar refractivity (Wildman–Crippen MR) is 95.3 cm³/mol. The van der Waals surface area contributed by atoms with Gasteiger partial charge in [-0.05, 0) is 50.2 Å². The van der Waals surface area contributed by atoms with Gasteiger partial charge in [0, 0.05) is 42.4 Å². The quantitative estimate of drug-likeness (QED) is 0.767. The summed E-state index contributed by atoms with van der Waals surface area (Å²) in [5, 5.41) is 13.5. The van der Waals surface area contributed by atoms with E-state index in [0.29, 0.717) is 24.9 Å². The lowest BCUT2D eigenvalue weighted by Crippen LogP contribution is -2.26. The second-order valence-electron chi connectivity index (χ2n) is 6.93. The fraction of sp³-hybridized carbons (Fsp3) is 0.526. The van der Waals surface area contributed by atoms with Crippen molar-refractivity contribution < 1.29 is 9.84 Å². The van der Waals surface area contributed by atoms with Crippen LogP contribution in [0.25, 0.3) is 11.4 Å².